The van der Waals surface area contributed by atoms with Gasteiger partial charge in [-0.3, -0.25) is 4.79 Å². The number of para-hydroxylation sites is 1. The van der Waals surface area contributed by atoms with Crippen molar-refractivity contribution in [3.8, 4) is 0 Å². The number of carbonyl (C=O) groups excluding carboxylic acids is 1. The number of nitrogens with zero attached hydrogens (tertiary/aromatic N) is 1. The highest BCUT2D eigenvalue weighted by Gasteiger charge is 2.22. The van der Waals surface area contributed by atoms with E-state index in [9.17, 15) is 13.2 Å². The lowest BCUT2D eigenvalue weighted by Crippen LogP contribution is -2.31. The lowest BCUT2D eigenvalue weighted by molar-refractivity contribution is 0.0986. The van der Waals surface area contributed by atoms with Crippen LogP contribution in [0.5, 0.6) is 0 Å². The number of rotatable bonds is 3. The first-order valence-corrected chi connectivity index (χ1v) is 10.8. The first kappa shape index (κ1) is 17.0. The van der Waals surface area contributed by atoms with E-state index >= 15 is 0 Å². The van der Waals surface area contributed by atoms with E-state index in [1.165, 1.54) is 6.26 Å². The highest BCUT2D eigenvalue weighted by atomic mass is 32.2. The van der Waals surface area contributed by atoms with Gasteiger partial charge < -0.3 is 4.90 Å². The molecule has 1 heterocycles. The molecule has 1 aliphatic heterocycles. The van der Waals surface area contributed by atoms with E-state index < -0.39 is 9.84 Å². The van der Waals surface area contributed by atoms with Crippen LogP contribution in [0.1, 0.15) is 22.3 Å². The summed E-state index contributed by atoms with van der Waals surface area (Å²) in [5, 5.41) is 0. The van der Waals surface area contributed by atoms with Gasteiger partial charge in [-0.25, -0.2) is 8.42 Å². The van der Waals surface area contributed by atoms with Crippen LogP contribution in [0.3, 0.4) is 0 Å². The van der Waals surface area contributed by atoms with Crippen LogP contribution in [0, 0.1) is 0 Å². The van der Waals surface area contributed by atoms with E-state index in [0.29, 0.717) is 17.7 Å². The van der Waals surface area contributed by atoms with E-state index in [4.69, 9.17) is 0 Å². The van der Waals surface area contributed by atoms with E-state index in [1.807, 2.05) is 29.2 Å². The zero-order valence-electron chi connectivity index (χ0n) is 13.4. The molecule has 0 saturated carbocycles. The molecule has 0 aliphatic carbocycles. The van der Waals surface area contributed by atoms with Crippen LogP contribution >= 0.6 is 11.8 Å². The maximum Gasteiger partial charge on any atom is 0.258 e. The van der Waals surface area contributed by atoms with Gasteiger partial charge >= 0.3 is 0 Å². The SMILES string of the molecule is CS(=O)(=O)Cc1ccc(C(=O)N2CCCSc3ccccc32)cc1. The molecule has 0 unspecified atom stereocenters. The number of fused-ring (bicyclic) bond motifs is 1. The van der Waals surface area contributed by atoms with Gasteiger partial charge in [-0.1, -0.05) is 24.3 Å². The van der Waals surface area contributed by atoms with E-state index in [0.717, 1.165) is 22.8 Å². The molecule has 2 aromatic rings. The van der Waals surface area contributed by atoms with E-state index in [-0.39, 0.29) is 11.7 Å². The quantitative estimate of drug-likeness (QED) is 0.841. The van der Waals surface area contributed by atoms with Crippen molar-refractivity contribution in [1.82, 2.24) is 0 Å². The van der Waals surface area contributed by atoms with Gasteiger partial charge in [-0.15, -0.1) is 11.8 Å². The van der Waals surface area contributed by atoms with Crippen LogP contribution in [0.15, 0.2) is 53.4 Å². The van der Waals surface area contributed by atoms with Crippen molar-refractivity contribution in [1.29, 1.82) is 0 Å². The summed E-state index contributed by atoms with van der Waals surface area (Å²) in [6.07, 6.45) is 2.15. The fourth-order valence-electron chi connectivity index (χ4n) is 2.74. The molecule has 1 amide bonds. The maximum absolute atomic E-state index is 12.9. The van der Waals surface area contributed by atoms with Crippen LogP contribution in [0.25, 0.3) is 0 Å². The van der Waals surface area contributed by atoms with Gasteiger partial charge in [0.05, 0.1) is 11.4 Å². The van der Waals surface area contributed by atoms with Crippen molar-refractivity contribution in [2.45, 2.75) is 17.1 Å². The normalized spacial score (nSPS) is 14.8. The molecule has 0 N–H and O–H groups in total. The summed E-state index contributed by atoms with van der Waals surface area (Å²) in [6.45, 7) is 0.688. The molecule has 0 fully saturated rings. The Labute approximate surface area is 146 Å². The number of thioether (sulfide) groups is 1. The number of hydrogen-bond acceptors (Lipinski definition) is 4. The Morgan fingerprint density at radius 1 is 1.12 bits per heavy atom. The predicted molar refractivity (Wildman–Crippen MR) is 98.4 cm³/mol. The van der Waals surface area contributed by atoms with Gasteiger partial charge in [0, 0.05) is 23.3 Å². The third-order valence-corrected chi connectivity index (χ3v) is 5.82. The lowest BCUT2D eigenvalue weighted by atomic mass is 10.1. The third-order valence-electron chi connectivity index (χ3n) is 3.81. The molecule has 0 spiro atoms. The van der Waals surface area contributed by atoms with Gasteiger partial charge in [0.1, 0.15) is 0 Å². The second-order valence-electron chi connectivity index (χ2n) is 5.89. The molecule has 0 aromatic heterocycles. The molecule has 0 saturated heterocycles. The Bertz CT molecular complexity index is 845. The number of sulfone groups is 1. The minimum atomic E-state index is -3.07. The lowest BCUT2D eigenvalue weighted by Gasteiger charge is -2.22. The number of carbonyl (C=O) groups is 1. The summed E-state index contributed by atoms with van der Waals surface area (Å²) in [6, 6.07) is 14.8. The molecule has 6 heteroatoms. The third kappa shape index (κ3) is 3.99. The summed E-state index contributed by atoms with van der Waals surface area (Å²) >= 11 is 1.77. The second kappa shape index (κ2) is 6.99. The van der Waals surface area contributed by atoms with Crippen LogP contribution in [0.2, 0.25) is 0 Å². The van der Waals surface area contributed by atoms with Crippen LogP contribution in [0.4, 0.5) is 5.69 Å². The van der Waals surface area contributed by atoms with Crippen LogP contribution in [-0.4, -0.2) is 32.9 Å². The van der Waals surface area contributed by atoms with Crippen LogP contribution in [-0.2, 0) is 15.6 Å². The smallest absolute Gasteiger partial charge is 0.258 e. The minimum Gasteiger partial charge on any atom is -0.307 e. The van der Waals surface area contributed by atoms with Crippen molar-refractivity contribution in [3.05, 3.63) is 59.7 Å². The van der Waals surface area contributed by atoms with Gasteiger partial charge in [0.2, 0.25) is 0 Å². The van der Waals surface area contributed by atoms with E-state index in [2.05, 4.69) is 0 Å². The molecule has 3 rings (SSSR count). The Hall–Kier alpha value is -1.79. The van der Waals surface area contributed by atoms with Crippen LogP contribution < -0.4 is 4.90 Å². The Kier molecular flexibility index (Phi) is 4.96. The maximum atomic E-state index is 12.9. The molecular weight excluding hydrogens is 342 g/mol. The Morgan fingerprint density at radius 3 is 2.54 bits per heavy atom. The number of benzene rings is 2. The van der Waals surface area contributed by atoms with Gasteiger partial charge in [0.25, 0.3) is 5.91 Å². The largest absolute Gasteiger partial charge is 0.307 e. The topological polar surface area (TPSA) is 54.5 Å². The fourth-order valence-corrected chi connectivity index (χ4v) is 4.53. The van der Waals surface area contributed by atoms with Crippen molar-refractivity contribution < 1.29 is 13.2 Å². The van der Waals surface area contributed by atoms with Crippen molar-refractivity contribution in [2.24, 2.45) is 0 Å². The molecule has 24 heavy (non-hydrogen) atoms. The second-order valence-corrected chi connectivity index (χ2v) is 9.17. The minimum absolute atomic E-state index is 0.00927. The number of hydrogen-bond donors (Lipinski definition) is 0. The van der Waals surface area contributed by atoms with Crippen molar-refractivity contribution in [3.63, 3.8) is 0 Å². The highest BCUT2D eigenvalue weighted by molar-refractivity contribution is 7.99. The molecular formula is C18H19NO3S2. The summed E-state index contributed by atoms with van der Waals surface area (Å²) in [5.41, 5.74) is 2.22. The molecule has 1 aliphatic rings. The van der Waals surface area contributed by atoms with Gasteiger partial charge in [-0.05, 0) is 42.0 Å². The molecule has 0 atom stereocenters. The average Bonchev–Trinajstić information content (AvgIpc) is 2.76. The number of anilines is 1. The predicted octanol–water partition coefficient (Wildman–Crippen LogP) is 3.37. The van der Waals surface area contributed by atoms with E-state index in [1.54, 1.807) is 36.0 Å². The standard InChI is InChI=1S/C18H19NO3S2/c1-24(21,22)13-14-7-9-15(10-8-14)18(20)19-11-4-12-23-17-6-3-2-5-16(17)19/h2-3,5-10H,4,11-13H2,1H3. The summed E-state index contributed by atoms with van der Waals surface area (Å²) in [7, 11) is -3.07. The summed E-state index contributed by atoms with van der Waals surface area (Å²) in [4.78, 5) is 15.9. The molecule has 126 valence electrons. The monoisotopic (exact) mass is 361 g/mol. The highest BCUT2D eigenvalue weighted by Crippen LogP contribution is 2.34. The first-order valence-electron chi connectivity index (χ1n) is 7.74. The fraction of sp³-hybridized carbons (Fsp3) is 0.278. The molecule has 0 bridgehead atoms. The van der Waals surface area contributed by atoms with Gasteiger partial charge in [-0.2, -0.15) is 0 Å². The molecule has 2 aromatic carbocycles. The molecule has 4 nitrogen and oxygen atoms in total. The average molecular weight is 361 g/mol. The zero-order valence-corrected chi connectivity index (χ0v) is 15.1. The van der Waals surface area contributed by atoms with Crippen molar-refractivity contribution >= 4 is 33.2 Å². The Balaban J connectivity index is 1.86. The zero-order chi connectivity index (χ0) is 17.2. The summed E-state index contributed by atoms with van der Waals surface area (Å²) < 4.78 is 22.7. The first-order chi connectivity index (χ1) is 11.4. The Morgan fingerprint density at radius 2 is 1.83 bits per heavy atom. The van der Waals surface area contributed by atoms with Crippen molar-refractivity contribution in [2.75, 3.05) is 23.5 Å². The number of amides is 1. The van der Waals surface area contributed by atoms with Gasteiger partial charge in [0.15, 0.2) is 9.84 Å². The molecule has 0 radical (unpaired) electrons. The summed E-state index contributed by atoms with van der Waals surface area (Å²) in [5.74, 6) is 0.939.